The molecule has 9 heteroatoms. The van der Waals surface area contributed by atoms with Gasteiger partial charge in [-0.15, -0.1) is 0 Å². The number of carbonyl (C=O) groups is 1. The van der Waals surface area contributed by atoms with E-state index in [0.717, 1.165) is 0 Å². The monoisotopic (exact) mass is 355 g/mol. The minimum Gasteiger partial charge on any atom is -0.321 e. The maximum atomic E-state index is 12.6. The Morgan fingerprint density at radius 2 is 1.64 bits per heavy atom. The molecule has 1 fully saturated rings. The molecule has 122 valence electrons. The van der Waals surface area contributed by atoms with Gasteiger partial charge in [0.2, 0.25) is 5.91 Å². The predicted octanol–water partition coefficient (Wildman–Crippen LogP) is 4.40. The normalized spacial score (nSPS) is 22.5. The zero-order chi connectivity index (χ0) is 16.5. The number of hydrogen-bond donors (Lipinski definition) is 1. The summed E-state index contributed by atoms with van der Waals surface area (Å²) in [5.74, 6) is -1.87. The van der Waals surface area contributed by atoms with Gasteiger partial charge in [-0.1, -0.05) is 23.2 Å². The lowest BCUT2D eigenvalue weighted by Crippen LogP contribution is -2.32. The number of nitrogens with zero attached hydrogens (tertiary/aromatic N) is 2. The fraction of sp³-hybridized carbons (Fsp3) is 0.615. The minimum atomic E-state index is -4.20. The van der Waals surface area contributed by atoms with E-state index in [4.69, 9.17) is 23.2 Å². The van der Waals surface area contributed by atoms with Crippen LogP contribution in [0.1, 0.15) is 31.5 Å². The first-order valence-electron chi connectivity index (χ1n) is 6.75. The fourth-order valence-corrected chi connectivity index (χ4v) is 3.08. The molecule has 0 spiro atoms. The minimum absolute atomic E-state index is 0.00910. The molecule has 0 aliphatic heterocycles. The molecule has 2 rings (SSSR count). The first-order chi connectivity index (χ1) is 10.2. The van der Waals surface area contributed by atoms with E-state index in [1.165, 1.54) is 0 Å². The lowest BCUT2D eigenvalue weighted by Gasteiger charge is -2.29. The van der Waals surface area contributed by atoms with E-state index in [2.05, 4.69) is 15.3 Å². The van der Waals surface area contributed by atoms with Crippen LogP contribution in [0.4, 0.5) is 18.9 Å². The molecule has 1 aliphatic rings. The number of halogens is 5. The standard InChI is InChI=1S/C13H14Cl2F3N3O/c1-6-19-10(14)9(11(15)20-6)21-12(22)7-2-4-8(5-3-7)13(16,17)18/h7-8H,2-5H2,1H3,(H,21,22). The molecule has 0 aromatic carbocycles. The highest BCUT2D eigenvalue weighted by atomic mass is 35.5. The van der Waals surface area contributed by atoms with Crippen molar-refractivity contribution in [3.05, 3.63) is 16.1 Å². The molecule has 1 amide bonds. The van der Waals surface area contributed by atoms with Crippen LogP contribution in [-0.2, 0) is 4.79 Å². The largest absolute Gasteiger partial charge is 0.391 e. The molecule has 4 nitrogen and oxygen atoms in total. The molecule has 1 aliphatic carbocycles. The van der Waals surface area contributed by atoms with Crippen LogP contribution in [0.3, 0.4) is 0 Å². The molecule has 0 saturated heterocycles. The fourth-order valence-electron chi connectivity index (χ4n) is 2.52. The van der Waals surface area contributed by atoms with Crippen molar-refractivity contribution in [1.82, 2.24) is 9.97 Å². The molecule has 1 heterocycles. The van der Waals surface area contributed by atoms with Crippen LogP contribution < -0.4 is 5.32 Å². The number of amides is 1. The van der Waals surface area contributed by atoms with Gasteiger partial charge < -0.3 is 5.32 Å². The Hall–Kier alpha value is -1.08. The van der Waals surface area contributed by atoms with Crippen molar-refractivity contribution in [2.24, 2.45) is 11.8 Å². The van der Waals surface area contributed by atoms with E-state index in [-0.39, 0.29) is 41.7 Å². The van der Waals surface area contributed by atoms with Gasteiger partial charge in [-0.2, -0.15) is 13.2 Å². The van der Waals surface area contributed by atoms with Gasteiger partial charge in [0.25, 0.3) is 0 Å². The molecule has 1 N–H and O–H groups in total. The smallest absolute Gasteiger partial charge is 0.321 e. The number of aryl methyl sites for hydroxylation is 1. The van der Waals surface area contributed by atoms with E-state index in [0.29, 0.717) is 5.82 Å². The van der Waals surface area contributed by atoms with Crippen molar-refractivity contribution in [3.63, 3.8) is 0 Å². The molecule has 0 atom stereocenters. The number of anilines is 1. The average molecular weight is 356 g/mol. The average Bonchev–Trinajstić information content (AvgIpc) is 2.41. The van der Waals surface area contributed by atoms with Gasteiger partial charge in [-0.3, -0.25) is 4.79 Å². The number of carbonyl (C=O) groups excluding carboxylic acids is 1. The molecular formula is C13H14Cl2F3N3O. The van der Waals surface area contributed by atoms with Crippen molar-refractivity contribution in [2.45, 2.75) is 38.8 Å². The number of hydrogen-bond acceptors (Lipinski definition) is 3. The summed E-state index contributed by atoms with van der Waals surface area (Å²) < 4.78 is 37.8. The van der Waals surface area contributed by atoms with Gasteiger partial charge in [-0.05, 0) is 32.6 Å². The predicted molar refractivity (Wildman–Crippen MR) is 76.9 cm³/mol. The maximum absolute atomic E-state index is 12.6. The van der Waals surface area contributed by atoms with E-state index in [1.807, 2.05) is 0 Å². The molecule has 0 radical (unpaired) electrons. The third-order valence-corrected chi connectivity index (χ3v) is 4.29. The van der Waals surface area contributed by atoms with Crippen molar-refractivity contribution in [1.29, 1.82) is 0 Å². The van der Waals surface area contributed by atoms with Gasteiger partial charge in [0, 0.05) is 5.92 Å². The first kappa shape index (κ1) is 17.3. The SMILES string of the molecule is Cc1nc(Cl)c(NC(=O)C2CCC(C(F)(F)F)CC2)c(Cl)n1. The van der Waals surface area contributed by atoms with Crippen molar-refractivity contribution < 1.29 is 18.0 Å². The summed E-state index contributed by atoms with van der Waals surface area (Å²) in [6, 6.07) is 0. The Kier molecular flexibility index (Phi) is 5.17. The van der Waals surface area contributed by atoms with Crippen LogP contribution in [-0.4, -0.2) is 22.1 Å². The summed E-state index contributed by atoms with van der Waals surface area (Å²) in [6.07, 6.45) is -3.93. The highest BCUT2D eigenvalue weighted by Gasteiger charge is 2.42. The van der Waals surface area contributed by atoms with Gasteiger partial charge in [0.05, 0.1) is 5.92 Å². The molecule has 1 saturated carbocycles. The zero-order valence-corrected chi connectivity index (χ0v) is 13.2. The molecule has 0 unspecified atom stereocenters. The first-order valence-corrected chi connectivity index (χ1v) is 7.51. The van der Waals surface area contributed by atoms with E-state index in [1.54, 1.807) is 6.92 Å². The van der Waals surface area contributed by atoms with Crippen LogP contribution >= 0.6 is 23.2 Å². The van der Waals surface area contributed by atoms with Gasteiger partial charge in [0.1, 0.15) is 11.5 Å². The Morgan fingerprint density at radius 3 is 2.09 bits per heavy atom. The Labute approximate surface area is 135 Å². The van der Waals surface area contributed by atoms with Gasteiger partial charge in [0.15, 0.2) is 10.3 Å². The molecular weight excluding hydrogens is 342 g/mol. The summed E-state index contributed by atoms with van der Waals surface area (Å²) in [7, 11) is 0. The van der Waals surface area contributed by atoms with Gasteiger partial charge >= 0.3 is 6.18 Å². The van der Waals surface area contributed by atoms with Crippen molar-refractivity contribution in [2.75, 3.05) is 5.32 Å². The third-order valence-electron chi connectivity index (χ3n) is 3.74. The second kappa shape index (κ2) is 6.58. The third kappa shape index (κ3) is 4.01. The Morgan fingerprint density at radius 1 is 1.14 bits per heavy atom. The Balaban J connectivity index is 2.00. The maximum Gasteiger partial charge on any atom is 0.391 e. The second-order valence-corrected chi connectivity index (χ2v) is 6.02. The van der Waals surface area contributed by atoms with E-state index >= 15 is 0 Å². The van der Waals surface area contributed by atoms with E-state index in [9.17, 15) is 18.0 Å². The number of nitrogens with one attached hydrogen (secondary N) is 1. The van der Waals surface area contributed by atoms with Crippen LogP contribution in [0.15, 0.2) is 0 Å². The quantitative estimate of drug-likeness (QED) is 0.800. The summed E-state index contributed by atoms with van der Waals surface area (Å²) >= 11 is 11.8. The van der Waals surface area contributed by atoms with Gasteiger partial charge in [-0.25, -0.2) is 9.97 Å². The zero-order valence-electron chi connectivity index (χ0n) is 11.7. The summed E-state index contributed by atoms with van der Waals surface area (Å²) in [5, 5.41) is 2.54. The van der Waals surface area contributed by atoms with Crippen molar-refractivity contribution >= 4 is 34.8 Å². The summed E-state index contributed by atoms with van der Waals surface area (Å²) in [6.45, 7) is 1.60. The van der Waals surface area contributed by atoms with Crippen LogP contribution in [0.25, 0.3) is 0 Å². The highest BCUT2D eigenvalue weighted by Crippen LogP contribution is 2.40. The summed E-state index contributed by atoms with van der Waals surface area (Å²) in [5.41, 5.74) is 0.0943. The van der Waals surface area contributed by atoms with E-state index < -0.39 is 23.9 Å². The highest BCUT2D eigenvalue weighted by molar-refractivity contribution is 6.38. The second-order valence-electron chi connectivity index (χ2n) is 5.31. The van der Waals surface area contributed by atoms with Crippen LogP contribution in [0, 0.1) is 18.8 Å². The topological polar surface area (TPSA) is 54.9 Å². The van der Waals surface area contributed by atoms with Crippen molar-refractivity contribution in [3.8, 4) is 0 Å². The number of rotatable bonds is 2. The lowest BCUT2D eigenvalue weighted by molar-refractivity contribution is -0.184. The van der Waals surface area contributed by atoms with Crippen LogP contribution in [0.5, 0.6) is 0 Å². The Bertz CT molecular complexity index is 549. The molecule has 22 heavy (non-hydrogen) atoms. The van der Waals surface area contributed by atoms with Crippen LogP contribution in [0.2, 0.25) is 10.3 Å². The summed E-state index contributed by atoms with van der Waals surface area (Å²) in [4.78, 5) is 19.9. The number of aromatic nitrogens is 2. The number of alkyl halides is 3. The molecule has 0 bridgehead atoms. The lowest BCUT2D eigenvalue weighted by atomic mass is 9.81. The molecule has 1 aromatic rings. The molecule has 1 aromatic heterocycles.